The van der Waals surface area contributed by atoms with E-state index in [9.17, 15) is 18.0 Å². The van der Waals surface area contributed by atoms with Crippen LogP contribution in [0, 0.1) is 0 Å². The molecule has 1 N–H and O–H groups in total. The number of anilines is 1. The minimum absolute atomic E-state index is 0.0163. The lowest BCUT2D eigenvalue weighted by atomic mass is 10.1. The summed E-state index contributed by atoms with van der Waals surface area (Å²) in [6, 6.07) is 16.1. The maximum absolute atomic E-state index is 14.0. The van der Waals surface area contributed by atoms with E-state index in [1.165, 1.54) is 42.3 Å². The molecule has 3 rings (SSSR count). The number of benzene rings is 3. The lowest BCUT2D eigenvalue weighted by Gasteiger charge is -2.32. The summed E-state index contributed by atoms with van der Waals surface area (Å²) >= 11 is 18.8. The summed E-state index contributed by atoms with van der Waals surface area (Å²) < 4.78 is 33.9. The minimum atomic E-state index is -4.23. The van der Waals surface area contributed by atoms with Crippen molar-refractivity contribution in [1.82, 2.24) is 10.2 Å². The van der Waals surface area contributed by atoms with Crippen molar-refractivity contribution in [3.8, 4) is 5.75 Å². The molecule has 0 unspecified atom stereocenters. The van der Waals surface area contributed by atoms with Crippen LogP contribution in [0.25, 0.3) is 0 Å². The second-order valence-electron chi connectivity index (χ2n) is 9.22. The van der Waals surface area contributed by atoms with E-state index >= 15 is 0 Å². The highest BCUT2D eigenvalue weighted by Gasteiger charge is 2.33. The van der Waals surface area contributed by atoms with Crippen LogP contribution in [0.2, 0.25) is 15.1 Å². The standard InChI is InChI=1S/C29H32Cl3N3O5S/c1-4-5-15-33-29(37)20(2)34(18-21-11-12-22(30)16-25(21)31)28(36)19-35(23-13-14-27(40-3)26(32)17-23)41(38,39)24-9-7-6-8-10-24/h6-14,16-17,20H,4-5,15,18-19H2,1-3H3,(H,33,37)/t20-/m0/s1. The number of nitrogens with one attached hydrogen (secondary N) is 1. The Morgan fingerprint density at radius 2 is 1.68 bits per heavy atom. The maximum atomic E-state index is 14.0. The summed E-state index contributed by atoms with van der Waals surface area (Å²) in [6.07, 6.45) is 1.66. The van der Waals surface area contributed by atoms with Crippen LogP contribution in [0.4, 0.5) is 5.69 Å². The molecule has 12 heteroatoms. The Bertz CT molecular complexity index is 1470. The summed E-state index contributed by atoms with van der Waals surface area (Å²) in [7, 11) is -2.79. The number of hydrogen-bond donors (Lipinski definition) is 1. The Kier molecular flexibility index (Phi) is 11.7. The Balaban J connectivity index is 2.05. The first-order valence-electron chi connectivity index (χ1n) is 12.9. The van der Waals surface area contributed by atoms with Gasteiger partial charge in [-0.2, -0.15) is 0 Å². The molecule has 0 heterocycles. The van der Waals surface area contributed by atoms with Gasteiger partial charge in [0.2, 0.25) is 11.8 Å². The van der Waals surface area contributed by atoms with E-state index in [1.54, 1.807) is 43.3 Å². The highest BCUT2D eigenvalue weighted by atomic mass is 35.5. The predicted molar refractivity (Wildman–Crippen MR) is 163 cm³/mol. The number of halogens is 3. The summed E-state index contributed by atoms with van der Waals surface area (Å²) in [5, 5.41) is 3.73. The molecule has 1 atom stereocenters. The first-order valence-corrected chi connectivity index (χ1v) is 15.5. The van der Waals surface area contributed by atoms with Crippen molar-refractivity contribution in [2.24, 2.45) is 0 Å². The van der Waals surface area contributed by atoms with Gasteiger partial charge in [0, 0.05) is 23.1 Å². The third kappa shape index (κ3) is 8.29. The molecule has 0 fully saturated rings. The van der Waals surface area contributed by atoms with Gasteiger partial charge in [-0.3, -0.25) is 13.9 Å². The normalized spacial score (nSPS) is 12.0. The Labute approximate surface area is 256 Å². The van der Waals surface area contributed by atoms with Crippen LogP contribution in [-0.4, -0.2) is 51.4 Å². The highest BCUT2D eigenvalue weighted by Crippen LogP contribution is 2.32. The van der Waals surface area contributed by atoms with E-state index in [0.29, 0.717) is 27.9 Å². The zero-order valence-corrected chi connectivity index (χ0v) is 26.0. The van der Waals surface area contributed by atoms with Gasteiger partial charge in [-0.1, -0.05) is 72.4 Å². The molecule has 0 aromatic heterocycles. The molecule has 3 aromatic rings. The fourth-order valence-electron chi connectivity index (χ4n) is 4.01. The molecule has 0 bridgehead atoms. The zero-order chi connectivity index (χ0) is 30.2. The number of ether oxygens (including phenoxy) is 1. The van der Waals surface area contributed by atoms with Gasteiger partial charge in [-0.15, -0.1) is 0 Å². The van der Waals surface area contributed by atoms with Crippen LogP contribution in [0.5, 0.6) is 5.75 Å². The summed E-state index contributed by atoms with van der Waals surface area (Å²) in [4.78, 5) is 28.3. The number of amides is 2. The summed E-state index contributed by atoms with van der Waals surface area (Å²) in [6.45, 7) is 3.37. The van der Waals surface area contributed by atoms with Gasteiger partial charge in [0.25, 0.3) is 10.0 Å². The molecule has 220 valence electrons. The molecule has 0 spiro atoms. The number of hydrogen-bond acceptors (Lipinski definition) is 5. The van der Waals surface area contributed by atoms with Crippen molar-refractivity contribution in [1.29, 1.82) is 0 Å². The van der Waals surface area contributed by atoms with E-state index in [0.717, 1.165) is 17.1 Å². The minimum Gasteiger partial charge on any atom is -0.495 e. The zero-order valence-electron chi connectivity index (χ0n) is 22.9. The number of nitrogens with zero attached hydrogens (tertiary/aromatic N) is 2. The molecule has 0 aliphatic heterocycles. The molecular formula is C29H32Cl3N3O5S. The van der Waals surface area contributed by atoms with Gasteiger partial charge in [0.15, 0.2) is 0 Å². The molecule has 41 heavy (non-hydrogen) atoms. The molecule has 0 saturated carbocycles. The Morgan fingerprint density at radius 1 is 0.976 bits per heavy atom. The average Bonchev–Trinajstić information content (AvgIpc) is 2.95. The fourth-order valence-corrected chi connectivity index (χ4v) is 6.16. The fraction of sp³-hybridized carbons (Fsp3) is 0.310. The van der Waals surface area contributed by atoms with Gasteiger partial charge in [-0.25, -0.2) is 8.42 Å². The van der Waals surface area contributed by atoms with Crippen LogP contribution in [-0.2, 0) is 26.2 Å². The number of sulfonamides is 1. The van der Waals surface area contributed by atoms with E-state index in [2.05, 4.69) is 5.32 Å². The molecule has 0 radical (unpaired) electrons. The third-order valence-corrected chi connectivity index (χ3v) is 9.06. The lowest BCUT2D eigenvalue weighted by molar-refractivity contribution is -0.139. The SMILES string of the molecule is CCCCNC(=O)[C@H](C)N(Cc1ccc(Cl)cc1Cl)C(=O)CN(c1ccc(OC)c(Cl)c1)S(=O)(=O)c1ccccc1. The number of methoxy groups -OCH3 is 1. The van der Waals surface area contributed by atoms with Gasteiger partial charge in [0.1, 0.15) is 18.3 Å². The topological polar surface area (TPSA) is 96.0 Å². The van der Waals surface area contributed by atoms with Crippen molar-refractivity contribution < 1.29 is 22.7 Å². The van der Waals surface area contributed by atoms with Crippen LogP contribution >= 0.6 is 34.8 Å². The van der Waals surface area contributed by atoms with Crippen molar-refractivity contribution in [3.63, 3.8) is 0 Å². The van der Waals surface area contributed by atoms with E-state index in [4.69, 9.17) is 39.5 Å². The monoisotopic (exact) mass is 639 g/mol. The Hall–Kier alpha value is -2.98. The largest absolute Gasteiger partial charge is 0.495 e. The van der Waals surface area contributed by atoms with Crippen molar-refractivity contribution in [3.05, 3.63) is 87.4 Å². The molecule has 8 nitrogen and oxygen atoms in total. The Morgan fingerprint density at radius 3 is 2.29 bits per heavy atom. The number of rotatable bonds is 13. The maximum Gasteiger partial charge on any atom is 0.264 e. The molecule has 0 saturated heterocycles. The van der Waals surface area contributed by atoms with Gasteiger partial charge < -0.3 is 15.0 Å². The average molecular weight is 641 g/mol. The van der Waals surface area contributed by atoms with Crippen LogP contribution in [0.3, 0.4) is 0 Å². The van der Waals surface area contributed by atoms with E-state index in [1.807, 2.05) is 6.92 Å². The molecule has 2 amide bonds. The van der Waals surface area contributed by atoms with Gasteiger partial charge in [-0.05, 0) is 61.4 Å². The number of unbranched alkanes of at least 4 members (excludes halogenated alkanes) is 1. The second kappa shape index (κ2) is 14.8. The summed E-state index contributed by atoms with van der Waals surface area (Å²) in [5.74, 6) is -0.655. The van der Waals surface area contributed by atoms with Crippen molar-refractivity contribution in [2.75, 3.05) is 24.5 Å². The molecular weight excluding hydrogens is 609 g/mol. The van der Waals surface area contributed by atoms with Crippen molar-refractivity contribution in [2.45, 2.75) is 44.2 Å². The number of carbonyl (C=O) groups excluding carboxylic acids is 2. The first kappa shape index (κ1) is 32.5. The second-order valence-corrected chi connectivity index (χ2v) is 12.3. The van der Waals surface area contributed by atoms with Crippen LogP contribution < -0.4 is 14.4 Å². The van der Waals surface area contributed by atoms with Crippen molar-refractivity contribution >= 4 is 62.3 Å². The lowest BCUT2D eigenvalue weighted by Crippen LogP contribution is -2.51. The summed E-state index contributed by atoms with van der Waals surface area (Å²) in [5.41, 5.74) is 0.695. The van der Waals surface area contributed by atoms with Gasteiger partial charge >= 0.3 is 0 Å². The van der Waals surface area contributed by atoms with Crippen LogP contribution in [0.15, 0.2) is 71.6 Å². The molecule has 0 aliphatic carbocycles. The molecule has 3 aromatic carbocycles. The van der Waals surface area contributed by atoms with E-state index < -0.39 is 28.5 Å². The molecule has 0 aliphatic rings. The quantitative estimate of drug-likeness (QED) is 0.225. The first-order chi connectivity index (χ1) is 19.5. The highest BCUT2D eigenvalue weighted by molar-refractivity contribution is 7.92. The third-order valence-electron chi connectivity index (χ3n) is 6.39. The van der Waals surface area contributed by atoms with Crippen LogP contribution in [0.1, 0.15) is 32.3 Å². The van der Waals surface area contributed by atoms with Gasteiger partial charge in [0.05, 0.1) is 22.7 Å². The number of carbonyl (C=O) groups is 2. The predicted octanol–water partition coefficient (Wildman–Crippen LogP) is 6.18. The van der Waals surface area contributed by atoms with E-state index in [-0.39, 0.29) is 28.1 Å². The smallest absolute Gasteiger partial charge is 0.264 e.